The van der Waals surface area contributed by atoms with Crippen LogP contribution in [0.25, 0.3) is 17.0 Å². The number of imidazole rings is 2. The Hall–Kier alpha value is -1.95. The zero-order valence-corrected chi connectivity index (χ0v) is 10.5. The highest BCUT2D eigenvalue weighted by molar-refractivity contribution is 6.28. The summed E-state index contributed by atoms with van der Waals surface area (Å²) in [5, 5.41) is 0.181. The van der Waals surface area contributed by atoms with E-state index in [9.17, 15) is 0 Å². The van der Waals surface area contributed by atoms with E-state index in [4.69, 9.17) is 11.6 Å². The summed E-state index contributed by atoms with van der Waals surface area (Å²) in [6.07, 6.45) is 7.09. The first-order chi connectivity index (χ1) is 8.79. The van der Waals surface area contributed by atoms with Crippen LogP contribution in [0, 0.1) is 0 Å². The van der Waals surface area contributed by atoms with Crippen molar-refractivity contribution in [3.05, 3.63) is 29.8 Å². The van der Waals surface area contributed by atoms with Crippen LogP contribution in [0.3, 0.4) is 0 Å². The highest BCUT2D eigenvalue weighted by Gasteiger charge is 2.13. The van der Waals surface area contributed by atoms with Crippen LogP contribution in [0.5, 0.6) is 0 Å². The first-order valence-corrected chi connectivity index (χ1v) is 6.06. The minimum atomic E-state index is 0.181. The van der Waals surface area contributed by atoms with Crippen LogP contribution in [-0.4, -0.2) is 29.5 Å². The van der Waals surface area contributed by atoms with Gasteiger partial charge in [-0.3, -0.25) is 4.57 Å². The summed E-state index contributed by atoms with van der Waals surface area (Å²) in [6, 6.07) is 0. The van der Waals surface area contributed by atoms with Gasteiger partial charge in [0.05, 0.1) is 6.33 Å². The van der Waals surface area contributed by atoms with E-state index in [0.29, 0.717) is 11.5 Å². The predicted octanol–water partition coefficient (Wildman–Crippen LogP) is 2.14. The van der Waals surface area contributed by atoms with E-state index in [1.54, 1.807) is 12.5 Å². The van der Waals surface area contributed by atoms with E-state index in [0.717, 1.165) is 24.2 Å². The van der Waals surface area contributed by atoms with Gasteiger partial charge in [0, 0.05) is 18.8 Å². The number of rotatable bonds is 3. The van der Waals surface area contributed by atoms with E-state index < -0.39 is 0 Å². The molecule has 0 saturated heterocycles. The van der Waals surface area contributed by atoms with Gasteiger partial charge < -0.3 is 4.98 Å². The molecule has 0 aliphatic heterocycles. The highest BCUT2D eigenvalue weighted by atomic mass is 35.5. The molecule has 0 atom stereocenters. The van der Waals surface area contributed by atoms with Gasteiger partial charge >= 0.3 is 0 Å². The second-order valence-electron chi connectivity index (χ2n) is 3.88. The molecule has 0 aliphatic rings. The van der Waals surface area contributed by atoms with Crippen molar-refractivity contribution in [2.45, 2.75) is 19.8 Å². The highest BCUT2D eigenvalue weighted by Crippen LogP contribution is 2.19. The SMILES string of the molecule is CCCc1nccn1-c1nc(Cl)nc2nc[nH]c12. The maximum absolute atomic E-state index is 5.92. The van der Waals surface area contributed by atoms with Gasteiger partial charge in [-0.1, -0.05) is 6.92 Å². The summed E-state index contributed by atoms with van der Waals surface area (Å²) in [4.78, 5) is 19.8. The van der Waals surface area contributed by atoms with Crippen molar-refractivity contribution in [2.24, 2.45) is 0 Å². The molecule has 0 saturated carbocycles. The standard InChI is InChI=1S/C11H11ClN6/c1-2-3-7-13-4-5-18(7)10-8-9(15-6-14-8)16-11(12)17-10/h4-6H,2-3H2,1H3,(H,14,15,16,17). The molecule has 0 amide bonds. The number of aromatic nitrogens is 6. The van der Waals surface area contributed by atoms with Crippen molar-refractivity contribution in [3.63, 3.8) is 0 Å². The monoisotopic (exact) mass is 262 g/mol. The summed E-state index contributed by atoms with van der Waals surface area (Å²) in [6.45, 7) is 2.11. The van der Waals surface area contributed by atoms with Gasteiger partial charge in [-0.2, -0.15) is 9.97 Å². The van der Waals surface area contributed by atoms with Crippen molar-refractivity contribution in [1.82, 2.24) is 29.5 Å². The Morgan fingerprint density at radius 2 is 2.22 bits per heavy atom. The van der Waals surface area contributed by atoms with Crippen LogP contribution < -0.4 is 0 Å². The van der Waals surface area contributed by atoms with E-state index in [-0.39, 0.29) is 5.28 Å². The van der Waals surface area contributed by atoms with Crippen LogP contribution in [0.1, 0.15) is 19.2 Å². The Bertz CT molecular complexity index is 686. The van der Waals surface area contributed by atoms with Crippen molar-refractivity contribution >= 4 is 22.8 Å². The Labute approximate surface area is 108 Å². The van der Waals surface area contributed by atoms with Gasteiger partial charge in [0.25, 0.3) is 0 Å². The Balaban J connectivity index is 2.24. The van der Waals surface area contributed by atoms with Crippen LogP contribution in [0.2, 0.25) is 5.28 Å². The number of aromatic amines is 1. The molecule has 18 heavy (non-hydrogen) atoms. The van der Waals surface area contributed by atoms with Crippen LogP contribution in [0.15, 0.2) is 18.7 Å². The lowest BCUT2D eigenvalue weighted by atomic mass is 10.3. The molecule has 3 heterocycles. The third kappa shape index (κ3) is 1.74. The number of H-pyrrole nitrogens is 1. The lowest BCUT2D eigenvalue weighted by Crippen LogP contribution is -2.04. The van der Waals surface area contributed by atoms with Gasteiger partial charge in [0.15, 0.2) is 11.5 Å². The number of fused-ring (bicyclic) bond motifs is 1. The molecule has 7 heteroatoms. The largest absolute Gasteiger partial charge is 0.340 e. The number of aryl methyl sites for hydroxylation is 1. The van der Waals surface area contributed by atoms with Gasteiger partial charge in [-0.05, 0) is 18.0 Å². The van der Waals surface area contributed by atoms with Crippen LogP contribution in [0.4, 0.5) is 0 Å². The lowest BCUT2D eigenvalue weighted by molar-refractivity contribution is 0.799. The van der Waals surface area contributed by atoms with Crippen molar-refractivity contribution in [3.8, 4) is 5.82 Å². The zero-order valence-electron chi connectivity index (χ0n) is 9.76. The molecule has 0 spiro atoms. The van der Waals surface area contributed by atoms with Crippen molar-refractivity contribution in [2.75, 3.05) is 0 Å². The molecule has 92 valence electrons. The minimum Gasteiger partial charge on any atom is -0.340 e. The van der Waals surface area contributed by atoms with Crippen molar-refractivity contribution < 1.29 is 0 Å². The predicted molar refractivity (Wildman–Crippen MR) is 67.8 cm³/mol. The summed E-state index contributed by atoms with van der Waals surface area (Å²) in [5.74, 6) is 1.63. The fraction of sp³-hybridized carbons (Fsp3) is 0.273. The molecule has 0 radical (unpaired) electrons. The van der Waals surface area contributed by atoms with Gasteiger partial charge in [0.2, 0.25) is 5.28 Å². The molecule has 3 aromatic rings. The summed E-state index contributed by atoms with van der Waals surface area (Å²) in [5.41, 5.74) is 1.32. The molecule has 0 bridgehead atoms. The number of hydrogen-bond acceptors (Lipinski definition) is 4. The molecule has 0 fully saturated rings. The molecule has 0 aliphatic carbocycles. The number of halogens is 1. The number of nitrogens with zero attached hydrogens (tertiary/aromatic N) is 5. The average Bonchev–Trinajstić information content (AvgIpc) is 2.96. The lowest BCUT2D eigenvalue weighted by Gasteiger charge is -2.07. The van der Waals surface area contributed by atoms with Gasteiger partial charge in [-0.25, -0.2) is 9.97 Å². The van der Waals surface area contributed by atoms with Gasteiger partial charge in [-0.15, -0.1) is 0 Å². The Morgan fingerprint density at radius 1 is 1.33 bits per heavy atom. The van der Waals surface area contributed by atoms with Crippen LogP contribution >= 0.6 is 11.6 Å². The zero-order chi connectivity index (χ0) is 12.5. The first-order valence-electron chi connectivity index (χ1n) is 5.69. The summed E-state index contributed by atoms with van der Waals surface area (Å²) < 4.78 is 1.91. The number of hydrogen-bond donors (Lipinski definition) is 1. The summed E-state index contributed by atoms with van der Waals surface area (Å²) in [7, 11) is 0. The molecular weight excluding hydrogens is 252 g/mol. The smallest absolute Gasteiger partial charge is 0.226 e. The minimum absolute atomic E-state index is 0.181. The van der Waals surface area contributed by atoms with Gasteiger partial charge in [0.1, 0.15) is 11.3 Å². The average molecular weight is 263 g/mol. The second kappa shape index (κ2) is 4.38. The molecule has 3 aromatic heterocycles. The Morgan fingerprint density at radius 3 is 3.06 bits per heavy atom. The molecule has 1 N–H and O–H groups in total. The molecule has 6 nitrogen and oxygen atoms in total. The van der Waals surface area contributed by atoms with E-state index in [1.807, 2.05) is 10.8 Å². The fourth-order valence-corrected chi connectivity index (χ4v) is 2.06. The molecule has 0 aromatic carbocycles. The third-order valence-electron chi connectivity index (χ3n) is 2.66. The maximum Gasteiger partial charge on any atom is 0.226 e. The van der Waals surface area contributed by atoms with E-state index in [1.165, 1.54) is 0 Å². The molecule has 0 unspecified atom stereocenters. The topological polar surface area (TPSA) is 72.3 Å². The Kier molecular flexibility index (Phi) is 2.71. The van der Waals surface area contributed by atoms with E-state index in [2.05, 4.69) is 31.8 Å². The quantitative estimate of drug-likeness (QED) is 0.734. The molecular formula is C11H11ClN6. The third-order valence-corrected chi connectivity index (χ3v) is 2.83. The molecule has 3 rings (SSSR count). The van der Waals surface area contributed by atoms with E-state index >= 15 is 0 Å². The normalized spacial score (nSPS) is 11.2. The fourth-order valence-electron chi connectivity index (χ4n) is 1.90. The maximum atomic E-state index is 5.92. The first kappa shape index (κ1) is 11.2. The van der Waals surface area contributed by atoms with Crippen molar-refractivity contribution in [1.29, 1.82) is 0 Å². The second-order valence-corrected chi connectivity index (χ2v) is 4.22. The number of nitrogens with one attached hydrogen (secondary N) is 1. The summed E-state index contributed by atoms with van der Waals surface area (Å²) >= 11 is 5.92. The van der Waals surface area contributed by atoms with Crippen LogP contribution in [-0.2, 0) is 6.42 Å².